The first-order valence-electron chi connectivity index (χ1n) is 8.68. The molecule has 0 unspecified atom stereocenters. The predicted octanol–water partition coefficient (Wildman–Crippen LogP) is 4.29. The standard InChI is InChI=1S/C19H23N5OS/c1-12(2)15-6-5-7-16(13(3)4)18(15)20-17(25)10-24-22-19(21-23-24)14-8-9-26-11-14/h5-9,11-13H,10H2,1-4H3,(H,20,25). The fraction of sp³-hybridized carbons (Fsp3) is 0.368. The molecule has 6 nitrogen and oxygen atoms in total. The molecule has 0 aliphatic heterocycles. The maximum absolute atomic E-state index is 12.6. The quantitative estimate of drug-likeness (QED) is 0.703. The summed E-state index contributed by atoms with van der Waals surface area (Å²) in [4.78, 5) is 13.9. The summed E-state index contributed by atoms with van der Waals surface area (Å²) in [7, 11) is 0. The van der Waals surface area contributed by atoms with Crippen molar-refractivity contribution in [3.63, 3.8) is 0 Å². The Morgan fingerprint density at radius 2 is 1.85 bits per heavy atom. The number of hydrogen-bond donors (Lipinski definition) is 1. The molecule has 0 bridgehead atoms. The van der Waals surface area contributed by atoms with Crippen molar-refractivity contribution in [2.24, 2.45) is 0 Å². The number of thiophene rings is 1. The van der Waals surface area contributed by atoms with Crippen LogP contribution in [0.4, 0.5) is 5.69 Å². The molecule has 0 saturated carbocycles. The number of carbonyl (C=O) groups excluding carboxylic acids is 1. The van der Waals surface area contributed by atoms with Gasteiger partial charge in [0.2, 0.25) is 11.7 Å². The lowest BCUT2D eigenvalue weighted by Gasteiger charge is -2.20. The lowest BCUT2D eigenvalue weighted by atomic mass is 9.92. The van der Waals surface area contributed by atoms with Crippen LogP contribution in [0.15, 0.2) is 35.0 Å². The van der Waals surface area contributed by atoms with Crippen molar-refractivity contribution in [1.82, 2.24) is 20.2 Å². The van der Waals surface area contributed by atoms with Crippen LogP contribution < -0.4 is 5.32 Å². The van der Waals surface area contributed by atoms with Crippen LogP contribution in [0, 0.1) is 0 Å². The van der Waals surface area contributed by atoms with Gasteiger partial charge in [-0.15, -0.1) is 10.2 Å². The van der Waals surface area contributed by atoms with Crippen LogP contribution in [0.3, 0.4) is 0 Å². The summed E-state index contributed by atoms with van der Waals surface area (Å²) < 4.78 is 0. The zero-order chi connectivity index (χ0) is 18.7. The monoisotopic (exact) mass is 369 g/mol. The van der Waals surface area contributed by atoms with E-state index in [4.69, 9.17) is 0 Å². The van der Waals surface area contributed by atoms with Crippen molar-refractivity contribution in [2.75, 3.05) is 5.32 Å². The van der Waals surface area contributed by atoms with Crippen molar-refractivity contribution in [1.29, 1.82) is 0 Å². The summed E-state index contributed by atoms with van der Waals surface area (Å²) in [6.45, 7) is 8.53. The van der Waals surface area contributed by atoms with Crippen LogP contribution in [-0.2, 0) is 11.3 Å². The Morgan fingerprint density at radius 3 is 2.42 bits per heavy atom. The van der Waals surface area contributed by atoms with E-state index in [-0.39, 0.29) is 12.5 Å². The van der Waals surface area contributed by atoms with Gasteiger partial charge in [0.1, 0.15) is 6.54 Å². The first-order chi connectivity index (χ1) is 12.5. The smallest absolute Gasteiger partial charge is 0.248 e. The van der Waals surface area contributed by atoms with E-state index >= 15 is 0 Å². The molecular formula is C19H23N5OS. The zero-order valence-corrected chi connectivity index (χ0v) is 16.2. The number of carbonyl (C=O) groups is 1. The normalized spacial score (nSPS) is 11.3. The molecule has 136 valence electrons. The zero-order valence-electron chi connectivity index (χ0n) is 15.4. The third-order valence-electron chi connectivity index (χ3n) is 4.15. The molecule has 2 aromatic heterocycles. The minimum atomic E-state index is -0.158. The molecule has 26 heavy (non-hydrogen) atoms. The molecule has 2 heterocycles. The summed E-state index contributed by atoms with van der Waals surface area (Å²) >= 11 is 1.57. The number of rotatable bonds is 6. The largest absolute Gasteiger partial charge is 0.324 e. The Bertz CT molecular complexity index is 857. The summed E-state index contributed by atoms with van der Waals surface area (Å²) in [5.41, 5.74) is 4.08. The van der Waals surface area contributed by atoms with Crippen LogP contribution in [0.2, 0.25) is 0 Å². The number of nitrogens with one attached hydrogen (secondary N) is 1. The summed E-state index contributed by atoms with van der Waals surface area (Å²) in [5, 5.41) is 19.3. The van der Waals surface area contributed by atoms with Crippen molar-refractivity contribution in [3.8, 4) is 11.4 Å². The van der Waals surface area contributed by atoms with Gasteiger partial charge in [0, 0.05) is 16.6 Å². The first-order valence-corrected chi connectivity index (χ1v) is 9.63. The Labute approximate surface area is 157 Å². The van der Waals surface area contributed by atoms with Gasteiger partial charge < -0.3 is 5.32 Å². The molecule has 0 spiro atoms. The van der Waals surface area contributed by atoms with Crippen molar-refractivity contribution in [3.05, 3.63) is 46.2 Å². The number of benzene rings is 1. The van der Waals surface area contributed by atoms with E-state index in [1.807, 2.05) is 22.9 Å². The highest BCUT2D eigenvalue weighted by Crippen LogP contribution is 2.32. The minimum absolute atomic E-state index is 0.0289. The maximum atomic E-state index is 12.6. The molecule has 3 aromatic rings. The van der Waals surface area contributed by atoms with Crippen molar-refractivity contribution < 1.29 is 4.79 Å². The van der Waals surface area contributed by atoms with E-state index in [9.17, 15) is 4.79 Å². The fourth-order valence-electron chi connectivity index (χ4n) is 2.82. The number of amides is 1. The van der Waals surface area contributed by atoms with Crippen molar-refractivity contribution in [2.45, 2.75) is 46.1 Å². The van der Waals surface area contributed by atoms with Gasteiger partial charge in [-0.25, -0.2) is 0 Å². The van der Waals surface area contributed by atoms with Crippen LogP contribution in [0.25, 0.3) is 11.4 Å². The maximum Gasteiger partial charge on any atom is 0.248 e. The highest BCUT2D eigenvalue weighted by molar-refractivity contribution is 7.08. The number of aromatic nitrogens is 4. The summed E-state index contributed by atoms with van der Waals surface area (Å²) in [5.74, 6) is 1.01. The molecule has 0 saturated heterocycles. The number of hydrogen-bond acceptors (Lipinski definition) is 5. The van der Waals surface area contributed by atoms with Gasteiger partial charge in [0.15, 0.2) is 0 Å². The summed E-state index contributed by atoms with van der Waals surface area (Å²) in [6, 6.07) is 8.11. The van der Waals surface area contributed by atoms with Crippen LogP contribution >= 0.6 is 11.3 Å². The third kappa shape index (κ3) is 3.99. The Morgan fingerprint density at radius 1 is 1.15 bits per heavy atom. The lowest BCUT2D eigenvalue weighted by molar-refractivity contribution is -0.117. The van der Waals surface area contributed by atoms with Gasteiger partial charge in [0.05, 0.1) is 0 Å². The second-order valence-corrected chi connectivity index (χ2v) is 7.60. The Hall–Kier alpha value is -2.54. The van der Waals surface area contributed by atoms with Crippen LogP contribution in [-0.4, -0.2) is 26.1 Å². The highest BCUT2D eigenvalue weighted by Gasteiger charge is 2.17. The molecule has 3 rings (SSSR count). The molecule has 0 aliphatic carbocycles. The van der Waals surface area contributed by atoms with Gasteiger partial charge in [-0.1, -0.05) is 45.9 Å². The SMILES string of the molecule is CC(C)c1cccc(C(C)C)c1NC(=O)Cn1nnc(-c2ccsc2)n1. The van der Waals surface area contributed by atoms with Crippen LogP contribution in [0.1, 0.15) is 50.7 Å². The average Bonchev–Trinajstić information content (AvgIpc) is 3.25. The van der Waals surface area contributed by atoms with E-state index < -0.39 is 0 Å². The number of nitrogens with zero attached hydrogens (tertiary/aromatic N) is 4. The first kappa shape index (κ1) is 18.3. The fourth-order valence-corrected chi connectivity index (χ4v) is 3.45. The van der Waals surface area contributed by atoms with Gasteiger partial charge in [-0.3, -0.25) is 4.79 Å². The Balaban J connectivity index is 1.78. The summed E-state index contributed by atoms with van der Waals surface area (Å²) in [6.07, 6.45) is 0. The average molecular weight is 369 g/mol. The second-order valence-electron chi connectivity index (χ2n) is 6.82. The van der Waals surface area contributed by atoms with Gasteiger partial charge >= 0.3 is 0 Å². The van der Waals surface area contributed by atoms with Gasteiger partial charge in [0.25, 0.3) is 0 Å². The van der Waals surface area contributed by atoms with Gasteiger partial charge in [-0.2, -0.15) is 16.1 Å². The van der Waals surface area contributed by atoms with Gasteiger partial charge in [-0.05, 0) is 39.6 Å². The van der Waals surface area contributed by atoms with Crippen LogP contribution in [0.5, 0.6) is 0 Å². The van der Waals surface area contributed by atoms with E-state index in [1.54, 1.807) is 11.3 Å². The third-order valence-corrected chi connectivity index (χ3v) is 4.84. The topological polar surface area (TPSA) is 72.7 Å². The van der Waals surface area contributed by atoms with E-state index in [2.05, 4.69) is 60.6 Å². The molecule has 0 atom stereocenters. The molecule has 1 aromatic carbocycles. The molecule has 0 fully saturated rings. The second kappa shape index (κ2) is 7.78. The number of tetrazole rings is 1. The minimum Gasteiger partial charge on any atom is -0.324 e. The molecular weight excluding hydrogens is 346 g/mol. The number of para-hydroxylation sites is 1. The molecule has 1 amide bonds. The molecule has 7 heteroatoms. The van der Waals surface area contributed by atoms with E-state index in [1.165, 1.54) is 4.80 Å². The van der Waals surface area contributed by atoms with E-state index in [0.29, 0.717) is 17.7 Å². The molecule has 0 aliphatic rings. The lowest BCUT2D eigenvalue weighted by Crippen LogP contribution is -2.22. The van der Waals surface area contributed by atoms with Crippen molar-refractivity contribution >= 4 is 22.9 Å². The predicted molar refractivity (Wildman–Crippen MR) is 104 cm³/mol. The Kier molecular flexibility index (Phi) is 5.46. The molecule has 0 radical (unpaired) electrons. The highest BCUT2D eigenvalue weighted by atomic mass is 32.1. The number of anilines is 1. The van der Waals surface area contributed by atoms with E-state index in [0.717, 1.165) is 22.4 Å². The molecule has 1 N–H and O–H groups in total.